The van der Waals surface area contributed by atoms with Crippen LogP contribution in [0.4, 0.5) is 10.5 Å². The summed E-state index contributed by atoms with van der Waals surface area (Å²) in [5.74, 6) is 0.759. The highest BCUT2D eigenvalue weighted by Gasteiger charge is 2.10. The molecule has 1 heterocycles. The highest BCUT2D eigenvalue weighted by Crippen LogP contribution is 2.17. The fraction of sp³-hybridized carbons (Fsp3) is 0.611. The third kappa shape index (κ3) is 7.88. The minimum Gasteiger partial charge on any atom is -0.494 e. The summed E-state index contributed by atoms with van der Waals surface area (Å²) >= 11 is 0. The molecule has 136 valence electrons. The van der Waals surface area contributed by atoms with Crippen molar-refractivity contribution in [3.8, 4) is 5.75 Å². The molecule has 2 rings (SSSR count). The van der Waals surface area contributed by atoms with Gasteiger partial charge in [0.25, 0.3) is 0 Å². The van der Waals surface area contributed by atoms with Gasteiger partial charge < -0.3 is 9.47 Å². The van der Waals surface area contributed by atoms with Crippen LogP contribution in [-0.2, 0) is 4.74 Å². The van der Waals surface area contributed by atoms with Crippen LogP contribution in [0.1, 0.15) is 39.0 Å². The van der Waals surface area contributed by atoms with Gasteiger partial charge in [0.15, 0.2) is 0 Å². The molecule has 0 aliphatic carbocycles. The molecule has 0 unspecified atom stereocenters. The standard InChI is InChI=1S/C18H28N2O3.ClH/c1-2-13-22-17-9-7-8-16(15-17)19-18(21)23-14-12-20-10-5-3-4-6-11-20;/h7-9,15H,2-6,10-14H2,1H3,(H,19,21);1H. The number of anilines is 1. The number of amides is 1. The maximum Gasteiger partial charge on any atom is 0.411 e. The van der Waals surface area contributed by atoms with Gasteiger partial charge in [-0.15, -0.1) is 12.4 Å². The SMILES string of the molecule is CCCOc1cccc(NC(=O)OCCN2CCCCCC2)c1.Cl. The van der Waals surface area contributed by atoms with E-state index in [-0.39, 0.29) is 12.4 Å². The number of benzene rings is 1. The van der Waals surface area contributed by atoms with Crippen molar-refractivity contribution >= 4 is 24.2 Å². The van der Waals surface area contributed by atoms with Crippen LogP contribution in [0.5, 0.6) is 5.75 Å². The van der Waals surface area contributed by atoms with Crippen LogP contribution in [0.2, 0.25) is 0 Å². The normalized spacial score (nSPS) is 15.0. The van der Waals surface area contributed by atoms with Crippen molar-refractivity contribution in [1.29, 1.82) is 0 Å². The van der Waals surface area contributed by atoms with Crippen LogP contribution in [0.3, 0.4) is 0 Å². The highest BCUT2D eigenvalue weighted by molar-refractivity contribution is 5.85. The molecule has 0 bridgehead atoms. The Labute approximate surface area is 151 Å². The Bertz CT molecular complexity index is 477. The van der Waals surface area contributed by atoms with Gasteiger partial charge in [-0.3, -0.25) is 10.2 Å². The molecule has 6 heteroatoms. The molecule has 0 atom stereocenters. The van der Waals surface area contributed by atoms with Gasteiger partial charge in [0.2, 0.25) is 0 Å². The van der Waals surface area contributed by atoms with Crippen LogP contribution >= 0.6 is 12.4 Å². The van der Waals surface area contributed by atoms with Gasteiger partial charge in [0, 0.05) is 18.3 Å². The lowest BCUT2D eigenvalue weighted by molar-refractivity contribution is 0.140. The molecule has 1 amide bonds. The Hall–Kier alpha value is -1.46. The number of nitrogens with zero attached hydrogens (tertiary/aromatic N) is 1. The van der Waals surface area contributed by atoms with Gasteiger partial charge in [0.05, 0.1) is 6.61 Å². The fourth-order valence-electron chi connectivity index (χ4n) is 2.66. The van der Waals surface area contributed by atoms with Gasteiger partial charge in [-0.1, -0.05) is 25.8 Å². The smallest absolute Gasteiger partial charge is 0.411 e. The average molecular weight is 357 g/mol. The first-order chi connectivity index (χ1) is 11.3. The third-order valence-corrected chi connectivity index (χ3v) is 3.89. The van der Waals surface area contributed by atoms with Gasteiger partial charge in [0.1, 0.15) is 12.4 Å². The number of rotatable bonds is 7. The molecule has 1 saturated heterocycles. The summed E-state index contributed by atoms with van der Waals surface area (Å²) < 4.78 is 10.8. The van der Waals surface area contributed by atoms with E-state index in [0.29, 0.717) is 18.9 Å². The third-order valence-electron chi connectivity index (χ3n) is 3.89. The summed E-state index contributed by atoms with van der Waals surface area (Å²) in [7, 11) is 0. The van der Waals surface area contributed by atoms with Gasteiger partial charge in [-0.2, -0.15) is 0 Å². The maximum atomic E-state index is 11.9. The minimum atomic E-state index is -0.410. The van der Waals surface area contributed by atoms with Gasteiger partial charge in [-0.05, 0) is 44.5 Å². The number of carbonyl (C=O) groups is 1. The number of ether oxygens (including phenoxy) is 2. The Morgan fingerprint density at radius 1 is 1.17 bits per heavy atom. The zero-order valence-electron chi connectivity index (χ0n) is 14.5. The Kier molecular flexibility index (Phi) is 10.3. The first kappa shape index (κ1) is 20.6. The van der Waals surface area contributed by atoms with Crippen molar-refractivity contribution in [1.82, 2.24) is 4.90 Å². The summed E-state index contributed by atoms with van der Waals surface area (Å²) in [6.07, 6.45) is 5.67. The predicted octanol–water partition coefficient (Wildman–Crippen LogP) is 4.32. The molecule has 5 nitrogen and oxygen atoms in total. The van der Waals surface area contributed by atoms with E-state index in [1.165, 1.54) is 25.7 Å². The lowest BCUT2D eigenvalue weighted by Gasteiger charge is -2.19. The largest absolute Gasteiger partial charge is 0.494 e. The average Bonchev–Trinajstić information content (AvgIpc) is 2.82. The molecular weight excluding hydrogens is 328 g/mol. The van der Waals surface area contributed by atoms with E-state index in [9.17, 15) is 4.79 Å². The summed E-state index contributed by atoms with van der Waals surface area (Å²) in [6.45, 7) is 6.20. The topological polar surface area (TPSA) is 50.8 Å². The van der Waals surface area contributed by atoms with Crippen molar-refractivity contribution in [3.05, 3.63) is 24.3 Å². The second kappa shape index (κ2) is 12.0. The van der Waals surface area contributed by atoms with E-state index in [2.05, 4.69) is 17.1 Å². The van der Waals surface area contributed by atoms with Crippen LogP contribution in [-0.4, -0.2) is 43.8 Å². The number of hydrogen-bond donors (Lipinski definition) is 1. The molecule has 1 fully saturated rings. The van der Waals surface area contributed by atoms with E-state index < -0.39 is 6.09 Å². The fourth-order valence-corrected chi connectivity index (χ4v) is 2.66. The molecule has 0 aromatic heterocycles. The zero-order chi connectivity index (χ0) is 16.3. The molecule has 1 N–H and O–H groups in total. The van der Waals surface area contributed by atoms with Crippen LogP contribution in [0.25, 0.3) is 0 Å². The lowest BCUT2D eigenvalue weighted by Crippen LogP contribution is -2.30. The summed E-state index contributed by atoms with van der Waals surface area (Å²) in [4.78, 5) is 14.2. The summed E-state index contributed by atoms with van der Waals surface area (Å²) in [6, 6.07) is 7.38. The summed E-state index contributed by atoms with van der Waals surface area (Å²) in [5.41, 5.74) is 0.693. The molecule has 0 spiro atoms. The monoisotopic (exact) mass is 356 g/mol. The number of carbonyl (C=O) groups excluding carboxylic acids is 1. The molecular formula is C18H29ClN2O3. The highest BCUT2D eigenvalue weighted by atomic mass is 35.5. The predicted molar refractivity (Wildman–Crippen MR) is 99.4 cm³/mol. The van der Waals surface area contributed by atoms with E-state index in [1.54, 1.807) is 0 Å². The quantitative estimate of drug-likeness (QED) is 0.790. The van der Waals surface area contributed by atoms with E-state index >= 15 is 0 Å². The summed E-state index contributed by atoms with van der Waals surface area (Å²) in [5, 5.41) is 2.75. The Morgan fingerprint density at radius 3 is 2.62 bits per heavy atom. The maximum absolute atomic E-state index is 11.9. The zero-order valence-corrected chi connectivity index (χ0v) is 15.3. The molecule has 1 aliphatic rings. The lowest BCUT2D eigenvalue weighted by atomic mass is 10.2. The molecule has 24 heavy (non-hydrogen) atoms. The number of nitrogens with one attached hydrogen (secondary N) is 1. The van der Waals surface area contributed by atoms with E-state index in [1.807, 2.05) is 24.3 Å². The number of hydrogen-bond acceptors (Lipinski definition) is 4. The van der Waals surface area contributed by atoms with Crippen molar-refractivity contribution < 1.29 is 14.3 Å². The molecule has 1 aliphatic heterocycles. The molecule has 1 aromatic carbocycles. The second-order valence-electron chi connectivity index (χ2n) is 5.89. The Morgan fingerprint density at radius 2 is 1.92 bits per heavy atom. The second-order valence-corrected chi connectivity index (χ2v) is 5.89. The number of halogens is 1. The van der Waals surface area contributed by atoms with Crippen molar-refractivity contribution in [3.63, 3.8) is 0 Å². The van der Waals surface area contributed by atoms with Gasteiger partial charge >= 0.3 is 6.09 Å². The van der Waals surface area contributed by atoms with Crippen molar-refractivity contribution in [2.75, 3.05) is 38.2 Å². The van der Waals surface area contributed by atoms with Crippen LogP contribution in [0.15, 0.2) is 24.3 Å². The first-order valence-corrected chi connectivity index (χ1v) is 8.67. The first-order valence-electron chi connectivity index (χ1n) is 8.67. The number of likely N-dealkylation sites (tertiary alicyclic amines) is 1. The van der Waals surface area contributed by atoms with E-state index in [0.717, 1.165) is 31.8 Å². The minimum absolute atomic E-state index is 0. The van der Waals surface area contributed by atoms with Crippen molar-refractivity contribution in [2.24, 2.45) is 0 Å². The Balaban J connectivity index is 0.00000288. The molecule has 1 aromatic rings. The van der Waals surface area contributed by atoms with Crippen LogP contribution in [0, 0.1) is 0 Å². The molecule has 0 radical (unpaired) electrons. The van der Waals surface area contributed by atoms with E-state index in [4.69, 9.17) is 9.47 Å². The molecule has 0 saturated carbocycles. The van der Waals surface area contributed by atoms with Crippen molar-refractivity contribution in [2.45, 2.75) is 39.0 Å². The van der Waals surface area contributed by atoms with Crippen LogP contribution < -0.4 is 10.1 Å². The van der Waals surface area contributed by atoms with Gasteiger partial charge in [-0.25, -0.2) is 4.79 Å².